The van der Waals surface area contributed by atoms with Crippen LogP contribution in [0.3, 0.4) is 0 Å². The smallest absolute Gasteiger partial charge is 0.416 e. The number of nitrogens with one attached hydrogen (secondary N) is 1. The Bertz CT molecular complexity index is 668. The minimum absolute atomic E-state index is 0.222. The van der Waals surface area contributed by atoms with Crippen LogP contribution >= 0.6 is 11.3 Å². The van der Waals surface area contributed by atoms with Gasteiger partial charge in [0.15, 0.2) is 5.13 Å². The number of anilines is 2. The molecule has 0 aliphatic rings. The number of hydrogen-bond acceptors (Lipinski definition) is 4. The van der Waals surface area contributed by atoms with E-state index in [9.17, 15) is 18.0 Å². The molecule has 0 saturated heterocycles. The van der Waals surface area contributed by atoms with Crippen LogP contribution in [0.4, 0.5) is 24.0 Å². The zero-order valence-corrected chi connectivity index (χ0v) is 11.7. The van der Waals surface area contributed by atoms with Crippen molar-refractivity contribution in [3.63, 3.8) is 0 Å². The highest BCUT2D eigenvalue weighted by Crippen LogP contribution is 2.33. The Morgan fingerprint density at radius 3 is 2.76 bits per heavy atom. The van der Waals surface area contributed by atoms with E-state index < -0.39 is 17.7 Å². The maximum Gasteiger partial charge on any atom is 0.416 e. The maximum atomic E-state index is 12.7. The first-order chi connectivity index (χ1) is 9.75. The summed E-state index contributed by atoms with van der Waals surface area (Å²) in [6, 6.07) is 3.39. The van der Waals surface area contributed by atoms with Crippen molar-refractivity contribution in [1.82, 2.24) is 4.98 Å². The molecular weight excluding hydrogens is 305 g/mol. The third-order valence-corrected chi connectivity index (χ3v) is 3.50. The lowest BCUT2D eigenvalue weighted by Crippen LogP contribution is -2.06. The van der Waals surface area contributed by atoms with Crippen molar-refractivity contribution in [2.45, 2.75) is 19.5 Å². The molecule has 0 unspecified atom stereocenters. The molecule has 0 aliphatic heterocycles. The lowest BCUT2D eigenvalue weighted by Gasteiger charge is -2.11. The molecule has 21 heavy (non-hydrogen) atoms. The number of nitrogens with zero attached hydrogens (tertiary/aromatic N) is 1. The van der Waals surface area contributed by atoms with Crippen LogP contribution in [0.1, 0.15) is 16.8 Å². The van der Waals surface area contributed by atoms with Gasteiger partial charge in [-0.25, -0.2) is 4.98 Å². The second-order valence-electron chi connectivity index (χ2n) is 4.37. The molecule has 0 amide bonds. The number of alkyl halides is 3. The largest absolute Gasteiger partial charge is 0.481 e. The summed E-state index contributed by atoms with van der Waals surface area (Å²) in [5.74, 6) is -1.01. The van der Waals surface area contributed by atoms with Crippen LogP contribution < -0.4 is 5.32 Å². The van der Waals surface area contributed by atoms with Crippen LogP contribution in [0.2, 0.25) is 0 Å². The predicted molar refractivity (Wildman–Crippen MR) is 72.9 cm³/mol. The second-order valence-corrected chi connectivity index (χ2v) is 5.23. The number of benzene rings is 1. The number of carboxylic acids is 1. The summed E-state index contributed by atoms with van der Waals surface area (Å²) in [5.41, 5.74) is 0.538. The van der Waals surface area contributed by atoms with Crippen LogP contribution in [-0.4, -0.2) is 16.1 Å². The molecule has 0 atom stereocenters. The molecule has 0 aliphatic carbocycles. The summed E-state index contributed by atoms with van der Waals surface area (Å²) in [4.78, 5) is 14.6. The molecule has 4 nitrogen and oxygen atoms in total. The summed E-state index contributed by atoms with van der Waals surface area (Å²) >= 11 is 1.14. The first-order valence-corrected chi connectivity index (χ1v) is 6.75. The highest BCUT2D eigenvalue weighted by Gasteiger charge is 2.30. The average molecular weight is 316 g/mol. The third kappa shape index (κ3) is 3.94. The number of aliphatic carboxylic acids is 1. The van der Waals surface area contributed by atoms with Crippen molar-refractivity contribution in [2.75, 3.05) is 5.32 Å². The quantitative estimate of drug-likeness (QED) is 0.899. The van der Waals surface area contributed by atoms with E-state index in [-0.39, 0.29) is 6.42 Å². The van der Waals surface area contributed by atoms with Gasteiger partial charge >= 0.3 is 12.1 Å². The number of thiazole rings is 1. The van der Waals surface area contributed by atoms with Crippen molar-refractivity contribution in [2.24, 2.45) is 0 Å². The zero-order chi connectivity index (χ0) is 15.6. The van der Waals surface area contributed by atoms with Crippen molar-refractivity contribution in [3.8, 4) is 0 Å². The Balaban J connectivity index is 2.22. The van der Waals surface area contributed by atoms with Crippen molar-refractivity contribution in [1.29, 1.82) is 0 Å². The molecule has 8 heteroatoms. The summed E-state index contributed by atoms with van der Waals surface area (Å²) < 4.78 is 38.0. The molecule has 0 fully saturated rings. The highest BCUT2D eigenvalue weighted by atomic mass is 32.1. The first kappa shape index (κ1) is 15.3. The Kier molecular flexibility index (Phi) is 4.17. The molecule has 0 radical (unpaired) electrons. The minimum atomic E-state index is -4.42. The maximum absolute atomic E-state index is 12.7. The van der Waals surface area contributed by atoms with Crippen molar-refractivity contribution < 1.29 is 23.1 Å². The van der Waals surface area contributed by atoms with E-state index in [1.807, 2.05) is 0 Å². The Morgan fingerprint density at radius 2 is 2.14 bits per heavy atom. The molecule has 1 aromatic carbocycles. The lowest BCUT2D eigenvalue weighted by atomic mass is 10.1. The van der Waals surface area contributed by atoms with Crippen LogP contribution in [0.15, 0.2) is 23.6 Å². The van der Waals surface area contributed by atoms with Crippen LogP contribution in [0.25, 0.3) is 0 Å². The molecule has 0 saturated carbocycles. The van der Waals surface area contributed by atoms with Crippen LogP contribution in [0, 0.1) is 6.92 Å². The Labute approximate surface area is 122 Å². The number of aromatic nitrogens is 1. The number of halogens is 3. The lowest BCUT2D eigenvalue weighted by molar-refractivity contribution is -0.138. The Morgan fingerprint density at radius 1 is 1.43 bits per heavy atom. The molecular formula is C13H11F3N2O2S. The van der Waals surface area contributed by atoms with Gasteiger partial charge in [0.25, 0.3) is 0 Å². The van der Waals surface area contributed by atoms with E-state index in [1.54, 1.807) is 12.3 Å². The number of carbonyl (C=O) groups is 1. The van der Waals surface area contributed by atoms with Gasteiger partial charge in [0.1, 0.15) is 0 Å². The third-order valence-electron chi connectivity index (χ3n) is 2.69. The van der Waals surface area contributed by atoms with E-state index >= 15 is 0 Å². The summed E-state index contributed by atoms with van der Waals surface area (Å²) in [7, 11) is 0. The van der Waals surface area contributed by atoms with Gasteiger partial charge in [-0.3, -0.25) is 4.79 Å². The van der Waals surface area contributed by atoms with Crippen molar-refractivity contribution >= 4 is 28.1 Å². The van der Waals surface area contributed by atoms with Gasteiger partial charge < -0.3 is 10.4 Å². The van der Waals surface area contributed by atoms with Crippen LogP contribution in [0.5, 0.6) is 0 Å². The van der Waals surface area contributed by atoms with Crippen molar-refractivity contribution in [3.05, 3.63) is 40.4 Å². The molecule has 1 aromatic heterocycles. The molecule has 2 aromatic rings. The monoisotopic (exact) mass is 316 g/mol. The molecule has 2 rings (SSSR count). The fourth-order valence-electron chi connectivity index (χ4n) is 1.65. The van der Waals surface area contributed by atoms with E-state index in [0.717, 1.165) is 23.5 Å². The average Bonchev–Trinajstić information content (AvgIpc) is 2.77. The normalized spacial score (nSPS) is 11.4. The number of rotatable bonds is 4. The summed E-state index contributed by atoms with van der Waals surface area (Å²) in [6.45, 7) is 1.67. The SMILES string of the molecule is Cc1ccc(C(F)(F)F)cc1Nc1nc(CC(=O)O)cs1. The van der Waals surface area contributed by atoms with E-state index in [4.69, 9.17) is 5.11 Å². The van der Waals surface area contributed by atoms with Gasteiger partial charge in [0.2, 0.25) is 0 Å². The summed E-state index contributed by atoms with van der Waals surface area (Å²) in [6.07, 6.45) is -4.64. The van der Waals surface area contributed by atoms with Gasteiger partial charge in [0.05, 0.1) is 17.7 Å². The van der Waals surface area contributed by atoms with Gasteiger partial charge in [-0.05, 0) is 24.6 Å². The molecule has 1 heterocycles. The first-order valence-electron chi connectivity index (χ1n) is 5.87. The van der Waals surface area contributed by atoms with E-state index in [1.165, 1.54) is 6.07 Å². The van der Waals surface area contributed by atoms with Crippen LogP contribution in [-0.2, 0) is 17.4 Å². The number of hydrogen-bond donors (Lipinski definition) is 2. The zero-order valence-electron chi connectivity index (χ0n) is 10.9. The summed E-state index contributed by atoms with van der Waals surface area (Å²) in [5, 5.41) is 13.4. The molecule has 0 bridgehead atoms. The highest BCUT2D eigenvalue weighted by molar-refractivity contribution is 7.13. The predicted octanol–water partition coefficient (Wildman–Crippen LogP) is 3.84. The topological polar surface area (TPSA) is 62.2 Å². The van der Waals surface area contributed by atoms with Gasteiger partial charge in [-0.2, -0.15) is 13.2 Å². The van der Waals surface area contributed by atoms with E-state index in [0.29, 0.717) is 22.1 Å². The minimum Gasteiger partial charge on any atom is -0.481 e. The standard InChI is InChI=1S/C13H11F3N2O2S/c1-7-2-3-8(13(14,15)16)4-10(7)18-12-17-9(6-21-12)5-11(19)20/h2-4,6H,5H2,1H3,(H,17,18)(H,19,20). The van der Waals surface area contributed by atoms with Gasteiger partial charge in [0, 0.05) is 11.1 Å². The molecule has 112 valence electrons. The van der Waals surface area contributed by atoms with Gasteiger partial charge in [-0.15, -0.1) is 11.3 Å². The molecule has 0 spiro atoms. The molecule has 2 N–H and O–H groups in total. The number of aryl methyl sites for hydroxylation is 1. The van der Waals surface area contributed by atoms with E-state index in [2.05, 4.69) is 10.3 Å². The van der Waals surface area contributed by atoms with Gasteiger partial charge in [-0.1, -0.05) is 6.07 Å². The number of carboxylic acid groups (broad SMARTS) is 1. The fourth-order valence-corrected chi connectivity index (χ4v) is 2.37. The fraction of sp³-hybridized carbons (Fsp3) is 0.231. The Hall–Kier alpha value is -2.09. The second kappa shape index (κ2) is 5.72.